The summed E-state index contributed by atoms with van der Waals surface area (Å²) in [5.74, 6) is -0.321. The first-order valence-electron chi connectivity index (χ1n) is 8.78. The first kappa shape index (κ1) is 20.8. The summed E-state index contributed by atoms with van der Waals surface area (Å²) in [7, 11) is -3.94. The normalized spacial score (nSPS) is 23.9. The van der Waals surface area contributed by atoms with Crippen molar-refractivity contribution in [3.05, 3.63) is 28.8 Å². The van der Waals surface area contributed by atoms with Crippen LogP contribution in [-0.4, -0.2) is 55.2 Å². The molecule has 2 atom stereocenters. The van der Waals surface area contributed by atoms with Crippen molar-refractivity contribution in [1.29, 1.82) is 0 Å². The molecule has 8 heteroatoms. The van der Waals surface area contributed by atoms with Gasteiger partial charge in [-0.1, -0.05) is 13.3 Å². The highest BCUT2D eigenvalue weighted by molar-refractivity contribution is 7.89. The summed E-state index contributed by atoms with van der Waals surface area (Å²) in [5, 5.41) is 25.5. The summed E-state index contributed by atoms with van der Waals surface area (Å²) in [6, 6.07) is 2.96. The van der Waals surface area contributed by atoms with Crippen molar-refractivity contribution in [1.82, 2.24) is 4.90 Å². The Morgan fingerprint density at radius 1 is 1.38 bits per heavy atom. The Morgan fingerprint density at radius 3 is 2.58 bits per heavy atom. The molecule has 0 saturated carbocycles. The number of carbonyl (C=O) groups excluding carboxylic acids is 1. The van der Waals surface area contributed by atoms with E-state index in [1.165, 1.54) is 6.07 Å². The van der Waals surface area contributed by atoms with Crippen LogP contribution in [0.5, 0.6) is 0 Å². The SMILES string of the molecule is CCC[C@@]1(CO)CN(C(=O)c2cc(C)c(C)c(S(N)(=O)=O)c2)CC[C@@H]1O. The lowest BCUT2D eigenvalue weighted by Crippen LogP contribution is -2.55. The van der Waals surface area contributed by atoms with Crippen molar-refractivity contribution in [2.75, 3.05) is 19.7 Å². The van der Waals surface area contributed by atoms with Crippen molar-refractivity contribution < 1.29 is 23.4 Å². The van der Waals surface area contributed by atoms with Crippen LogP contribution in [0.1, 0.15) is 47.7 Å². The lowest BCUT2D eigenvalue weighted by molar-refractivity contribution is -0.0720. The molecule has 1 saturated heterocycles. The summed E-state index contributed by atoms with van der Waals surface area (Å²) in [5.41, 5.74) is 0.690. The van der Waals surface area contributed by atoms with Crippen molar-refractivity contribution in [2.24, 2.45) is 10.6 Å². The first-order chi connectivity index (χ1) is 12.1. The molecule has 1 heterocycles. The molecule has 7 nitrogen and oxygen atoms in total. The Bertz CT molecular complexity index is 793. The molecule has 1 aromatic rings. The van der Waals surface area contributed by atoms with E-state index in [1.807, 2.05) is 6.92 Å². The number of likely N-dealkylation sites (tertiary alicyclic amines) is 1. The Labute approximate surface area is 154 Å². The fourth-order valence-corrected chi connectivity index (χ4v) is 4.61. The number of hydrogen-bond acceptors (Lipinski definition) is 5. The number of nitrogens with two attached hydrogens (primary N) is 1. The highest BCUT2D eigenvalue weighted by Gasteiger charge is 2.43. The number of primary sulfonamides is 1. The molecule has 1 fully saturated rings. The molecule has 0 aliphatic carbocycles. The number of carbonyl (C=O) groups is 1. The molecule has 0 bridgehead atoms. The number of benzene rings is 1. The molecule has 0 unspecified atom stereocenters. The van der Waals surface area contributed by atoms with E-state index in [0.29, 0.717) is 30.5 Å². The van der Waals surface area contributed by atoms with Crippen LogP contribution in [0.2, 0.25) is 0 Å². The largest absolute Gasteiger partial charge is 0.396 e. The van der Waals surface area contributed by atoms with E-state index >= 15 is 0 Å². The van der Waals surface area contributed by atoms with Crippen LogP contribution < -0.4 is 5.14 Å². The predicted octanol–water partition coefficient (Wildman–Crippen LogP) is 0.936. The second kappa shape index (κ2) is 7.64. The Hall–Kier alpha value is -1.48. The van der Waals surface area contributed by atoms with Crippen molar-refractivity contribution in [3.8, 4) is 0 Å². The molecule has 0 radical (unpaired) electrons. The minimum Gasteiger partial charge on any atom is -0.396 e. The third kappa shape index (κ3) is 3.93. The van der Waals surface area contributed by atoms with Gasteiger partial charge in [0, 0.05) is 24.1 Å². The number of aryl methyl sites for hydroxylation is 1. The Morgan fingerprint density at radius 2 is 2.04 bits per heavy atom. The quantitative estimate of drug-likeness (QED) is 0.697. The van der Waals surface area contributed by atoms with Gasteiger partial charge in [0.25, 0.3) is 5.91 Å². The van der Waals surface area contributed by atoms with E-state index in [1.54, 1.807) is 24.8 Å². The molecule has 1 aliphatic heterocycles. The molecule has 1 amide bonds. The minimum absolute atomic E-state index is 0.0557. The second-order valence-electron chi connectivity index (χ2n) is 7.26. The molecule has 2 rings (SSSR count). The number of aliphatic hydroxyl groups is 2. The number of rotatable bonds is 5. The molecule has 1 aromatic carbocycles. The maximum atomic E-state index is 13.0. The summed E-state index contributed by atoms with van der Waals surface area (Å²) >= 11 is 0. The van der Waals surface area contributed by atoms with Crippen LogP contribution in [0, 0.1) is 19.3 Å². The molecular weight excluding hydrogens is 356 g/mol. The summed E-state index contributed by atoms with van der Waals surface area (Å²) in [4.78, 5) is 14.5. The number of aliphatic hydroxyl groups excluding tert-OH is 2. The van der Waals surface area contributed by atoms with Crippen molar-refractivity contribution in [2.45, 2.75) is 51.0 Å². The zero-order valence-electron chi connectivity index (χ0n) is 15.5. The van der Waals surface area contributed by atoms with Crippen molar-refractivity contribution in [3.63, 3.8) is 0 Å². The van der Waals surface area contributed by atoms with Crippen LogP contribution in [0.3, 0.4) is 0 Å². The number of hydrogen-bond donors (Lipinski definition) is 3. The van der Waals surface area contributed by atoms with Crippen molar-refractivity contribution >= 4 is 15.9 Å². The first-order valence-corrected chi connectivity index (χ1v) is 10.3. The van der Waals surface area contributed by atoms with Gasteiger partial charge in [-0.25, -0.2) is 13.6 Å². The average molecular weight is 384 g/mol. The summed E-state index contributed by atoms with van der Waals surface area (Å²) < 4.78 is 23.6. The fraction of sp³-hybridized carbons (Fsp3) is 0.611. The number of nitrogens with zero attached hydrogens (tertiary/aromatic N) is 1. The highest BCUT2D eigenvalue weighted by atomic mass is 32.2. The standard InChI is InChI=1S/C18H28N2O5S/c1-4-6-18(11-21)10-20(7-5-16(18)22)17(23)14-8-12(2)13(3)15(9-14)26(19,24)25/h8-9,16,21-22H,4-7,10-11H2,1-3H3,(H2,19,24,25)/t16-,18-/m0/s1. The van der Waals surface area contributed by atoms with Gasteiger partial charge < -0.3 is 15.1 Å². The minimum atomic E-state index is -3.94. The van der Waals surface area contributed by atoms with Gasteiger partial charge in [0.15, 0.2) is 0 Å². The summed E-state index contributed by atoms with van der Waals surface area (Å²) in [6.07, 6.45) is 1.08. The van der Waals surface area contributed by atoms with E-state index in [4.69, 9.17) is 5.14 Å². The van der Waals surface area contributed by atoms with Gasteiger partial charge >= 0.3 is 0 Å². The molecule has 0 aromatic heterocycles. The Kier molecular flexibility index (Phi) is 6.12. The van der Waals surface area contributed by atoms with Crippen LogP contribution in [0.4, 0.5) is 0 Å². The zero-order chi connectivity index (χ0) is 19.7. The highest BCUT2D eigenvalue weighted by Crippen LogP contribution is 2.35. The maximum Gasteiger partial charge on any atom is 0.253 e. The van der Waals surface area contributed by atoms with E-state index in [9.17, 15) is 23.4 Å². The van der Waals surface area contributed by atoms with Crippen LogP contribution in [0.25, 0.3) is 0 Å². The monoisotopic (exact) mass is 384 g/mol. The number of sulfonamides is 1. The van der Waals surface area contributed by atoms with E-state index < -0.39 is 21.5 Å². The van der Waals surface area contributed by atoms with Gasteiger partial charge in [0.05, 0.1) is 17.6 Å². The smallest absolute Gasteiger partial charge is 0.253 e. The van der Waals surface area contributed by atoms with Gasteiger partial charge in [0.2, 0.25) is 10.0 Å². The third-order valence-electron chi connectivity index (χ3n) is 5.41. The van der Waals surface area contributed by atoms with Gasteiger partial charge in [-0.3, -0.25) is 4.79 Å². The number of piperidine rings is 1. The Balaban J connectivity index is 2.39. The van der Waals surface area contributed by atoms with Gasteiger partial charge in [-0.15, -0.1) is 0 Å². The lowest BCUT2D eigenvalue weighted by Gasteiger charge is -2.45. The van der Waals surface area contributed by atoms with E-state index in [-0.39, 0.29) is 29.5 Å². The lowest BCUT2D eigenvalue weighted by atomic mass is 9.74. The van der Waals surface area contributed by atoms with Gasteiger partial charge in [-0.2, -0.15) is 0 Å². The number of amides is 1. The fourth-order valence-electron chi connectivity index (χ4n) is 3.73. The molecule has 0 spiro atoms. The second-order valence-corrected chi connectivity index (χ2v) is 8.79. The molecule has 1 aliphatic rings. The van der Waals surface area contributed by atoms with E-state index in [2.05, 4.69) is 0 Å². The average Bonchev–Trinajstić information content (AvgIpc) is 2.57. The van der Waals surface area contributed by atoms with Gasteiger partial charge in [-0.05, 0) is 49.9 Å². The van der Waals surface area contributed by atoms with Crippen LogP contribution >= 0.6 is 0 Å². The maximum absolute atomic E-state index is 13.0. The topological polar surface area (TPSA) is 121 Å². The molecule has 4 N–H and O–H groups in total. The van der Waals surface area contributed by atoms with Crippen LogP contribution in [-0.2, 0) is 10.0 Å². The molecular formula is C18H28N2O5S. The van der Waals surface area contributed by atoms with Crippen LogP contribution in [0.15, 0.2) is 17.0 Å². The molecule has 146 valence electrons. The molecule has 26 heavy (non-hydrogen) atoms. The van der Waals surface area contributed by atoms with E-state index in [0.717, 1.165) is 6.42 Å². The summed E-state index contributed by atoms with van der Waals surface area (Å²) in [6.45, 7) is 5.72. The predicted molar refractivity (Wildman–Crippen MR) is 98.2 cm³/mol. The van der Waals surface area contributed by atoms with Gasteiger partial charge in [0.1, 0.15) is 0 Å². The zero-order valence-corrected chi connectivity index (χ0v) is 16.3. The third-order valence-corrected chi connectivity index (χ3v) is 6.45.